The Hall–Kier alpha value is -1.97. The lowest BCUT2D eigenvalue weighted by Crippen LogP contribution is -1.90. The maximum absolute atomic E-state index is 5.26. The van der Waals surface area contributed by atoms with Gasteiger partial charge in [0.05, 0.1) is 14.2 Å². The van der Waals surface area contributed by atoms with Crippen LogP contribution in [0.1, 0.15) is 24.5 Å². The van der Waals surface area contributed by atoms with Crippen LogP contribution in [0.2, 0.25) is 0 Å². The number of rotatable bonds is 4. The highest BCUT2D eigenvalue weighted by Crippen LogP contribution is 2.39. The highest BCUT2D eigenvalue weighted by Gasteiger charge is 2.25. The van der Waals surface area contributed by atoms with E-state index >= 15 is 0 Å². The van der Waals surface area contributed by atoms with Crippen molar-refractivity contribution >= 4 is 0 Å². The quantitative estimate of drug-likeness (QED) is 0.899. The third-order valence-electron chi connectivity index (χ3n) is 3.24. The molecule has 94 valence electrons. The summed E-state index contributed by atoms with van der Waals surface area (Å²) in [4.78, 5) is 7.80. The predicted molar refractivity (Wildman–Crippen MR) is 69.1 cm³/mol. The van der Waals surface area contributed by atoms with Gasteiger partial charge in [0.2, 0.25) is 0 Å². The molecule has 0 bridgehead atoms. The summed E-state index contributed by atoms with van der Waals surface area (Å²) in [5, 5.41) is 0. The van der Waals surface area contributed by atoms with Gasteiger partial charge in [0.1, 0.15) is 17.3 Å². The number of aromatic amines is 1. The molecule has 1 fully saturated rings. The Bertz CT molecular complexity index is 536. The molecule has 3 rings (SSSR count). The molecule has 18 heavy (non-hydrogen) atoms. The largest absolute Gasteiger partial charge is 0.497 e. The van der Waals surface area contributed by atoms with Gasteiger partial charge in [0.25, 0.3) is 0 Å². The molecule has 1 N–H and O–H groups in total. The average molecular weight is 244 g/mol. The number of aromatic nitrogens is 2. The molecule has 2 aromatic rings. The Morgan fingerprint density at radius 3 is 2.33 bits per heavy atom. The van der Waals surface area contributed by atoms with E-state index in [0.29, 0.717) is 5.92 Å². The van der Waals surface area contributed by atoms with Gasteiger partial charge in [-0.2, -0.15) is 0 Å². The van der Waals surface area contributed by atoms with Crippen molar-refractivity contribution in [3.8, 4) is 22.9 Å². The van der Waals surface area contributed by atoms with Crippen molar-refractivity contribution in [2.75, 3.05) is 14.2 Å². The summed E-state index contributed by atoms with van der Waals surface area (Å²) in [6.45, 7) is 0. The van der Waals surface area contributed by atoms with Crippen LogP contribution in [-0.2, 0) is 0 Å². The van der Waals surface area contributed by atoms with Crippen molar-refractivity contribution in [1.29, 1.82) is 0 Å². The predicted octanol–water partition coefficient (Wildman–Crippen LogP) is 2.97. The summed E-state index contributed by atoms with van der Waals surface area (Å²) in [5.41, 5.74) is 2.21. The van der Waals surface area contributed by atoms with Gasteiger partial charge in [-0.3, -0.25) is 0 Å². The lowest BCUT2D eigenvalue weighted by Gasteiger charge is -2.06. The zero-order chi connectivity index (χ0) is 12.5. The molecule has 1 saturated carbocycles. The van der Waals surface area contributed by atoms with E-state index in [1.54, 1.807) is 14.2 Å². The van der Waals surface area contributed by atoms with Crippen molar-refractivity contribution in [2.45, 2.75) is 18.8 Å². The maximum atomic E-state index is 5.26. The zero-order valence-corrected chi connectivity index (χ0v) is 10.6. The number of methoxy groups -OCH3 is 2. The van der Waals surface area contributed by atoms with Gasteiger partial charge in [0.15, 0.2) is 0 Å². The Balaban J connectivity index is 1.97. The summed E-state index contributed by atoms with van der Waals surface area (Å²) in [5.74, 6) is 3.09. The number of nitrogens with zero attached hydrogens (tertiary/aromatic N) is 1. The minimum Gasteiger partial charge on any atom is -0.497 e. The Morgan fingerprint density at radius 2 is 1.78 bits per heavy atom. The molecule has 1 aromatic carbocycles. The van der Waals surface area contributed by atoms with E-state index in [2.05, 4.69) is 9.97 Å². The normalized spacial score (nSPS) is 14.6. The van der Waals surface area contributed by atoms with E-state index in [-0.39, 0.29) is 0 Å². The maximum Gasteiger partial charge on any atom is 0.137 e. The van der Waals surface area contributed by atoms with Crippen molar-refractivity contribution < 1.29 is 9.47 Å². The van der Waals surface area contributed by atoms with Crippen molar-refractivity contribution in [3.63, 3.8) is 0 Å². The highest BCUT2D eigenvalue weighted by atomic mass is 16.5. The standard InChI is InChI=1S/C14H16N2O2/c1-17-11-5-10(6-12(7-11)18-2)14-15-8-13(16-14)9-3-4-9/h5-9H,3-4H2,1-2H3,(H,15,16). The van der Waals surface area contributed by atoms with Crippen LogP contribution in [0.5, 0.6) is 11.5 Å². The smallest absolute Gasteiger partial charge is 0.137 e. The van der Waals surface area contributed by atoms with Gasteiger partial charge in [-0.15, -0.1) is 0 Å². The van der Waals surface area contributed by atoms with Crippen LogP contribution >= 0.6 is 0 Å². The van der Waals surface area contributed by atoms with Crippen molar-refractivity contribution in [2.24, 2.45) is 0 Å². The highest BCUT2D eigenvalue weighted by molar-refractivity contribution is 5.61. The molecular formula is C14H16N2O2. The molecular weight excluding hydrogens is 228 g/mol. The van der Waals surface area contributed by atoms with E-state index < -0.39 is 0 Å². The zero-order valence-electron chi connectivity index (χ0n) is 10.6. The second-order valence-corrected chi connectivity index (χ2v) is 4.56. The first kappa shape index (κ1) is 11.1. The first-order chi connectivity index (χ1) is 8.80. The topological polar surface area (TPSA) is 47.1 Å². The second-order valence-electron chi connectivity index (χ2n) is 4.56. The molecule has 0 unspecified atom stereocenters. The minimum absolute atomic E-state index is 0.679. The molecule has 1 aliphatic rings. The summed E-state index contributed by atoms with van der Waals surface area (Å²) >= 11 is 0. The van der Waals surface area contributed by atoms with Crippen LogP contribution in [0.25, 0.3) is 11.4 Å². The number of nitrogens with one attached hydrogen (secondary N) is 1. The third kappa shape index (κ3) is 2.06. The lowest BCUT2D eigenvalue weighted by molar-refractivity contribution is 0.394. The molecule has 0 atom stereocenters. The number of hydrogen-bond donors (Lipinski definition) is 1. The first-order valence-corrected chi connectivity index (χ1v) is 6.08. The van der Waals surface area contributed by atoms with Crippen LogP contribution in [0.15, 0.2) is 24.4 Å². The fourth-order valence-electron chi connectivity index (χ4n) is 2.03. The van der Waals surface area contributed by atoms with Crippen molar-refractivity contribution in [1.82, 2.24) is 9.97 Å². The minimum atomic E-state index is 0.679. The molecule has 1 heterocycles. The first-order valence-electron chi connectivity index (χ1n) is 6.08. The molecule has 4 nitrogen and oxygen atoms in total. The fourth-order valence-corrected chi connectivity index (χ4v) is 2.03. The molecule has 1 aromatic heterocycles. The Morgan fingerprint density at radius 1 is 1.11 bits per heavy atom. The molecule has 1 aliphatic carbocycles. The van der Waals surface area contributed by atoms with E-state index in [4.69, 9.17) is 9.47 Å². The summed E-state index contributed by atoms with van der Waals surface area (Å²) in [7, 11) is 3.30. The fraction of sp³-hybridized carbons (Fsp3) is 0.357. The van der Waals surface area contributed by atoms with Gasteiger partial charge in [-0.25, -0.2) is 4.98 Å². The molecule has 0 radical (unpaired) electrons. The third-order valence-corrected chi connectivity index (χ3v) is 3.24. The van der Waals surface area contributed by atoms with Gasteiger partial charge in [0, 0.05) is 29.4 Å². The summed E-state index contributed by atoms with van der Waals surface area (Å²) < 4.78 is 10.5. The second kappa shape index (κ2) is 4.37. The SMILES string of the molecule is COc1cc(OC)cc(-c2ncc(C3CC3)[nH]2)c1. The van der Waals surface area contributed by atoms with Gasteiger partial charge in [-0.1, -0.05) is 0 Å². The number of imidazole rings is 1. The van der Waals surface area contributed by atoms with E-state index in [1.165, 1.54) is 18.5 Å². The molecule has 0 amide bonds. The molecule has 0 spiro atoms. The summed E-state index contributed by atoms with van der Waals surface area (Å²) in [6.07, 6.45) is 4.46. The number of H-pyrrole nitrogens is 1. The monoisotopic (exact) mass is 244 g/mol. The van der Waals surface area contributed by atoms with E-state index in [9.17, 15) is 0 Å². The van der Waals surface area contributed by atoms with Crippen LogP contribution in [0.3, 0.4) is 0 Å². The summed E-state index contributed by atoms with van der Waals surface area (Å²) in [6, 6.07) is 5.77. The molecule has 0 aliphatic heterocycles. The van der Waals surface area contributed by atoms with E-state index in [0.717, 1.165) is 22.9 Å². The Labute approximate surface area is 106 Å². The van der Waals surface area contributed by atoms with Crippen LogP contribution < -0.4 is 9.47 Å². The molecule has 0 saturated heterocycles. The van der Waals surface area contributed by atoms with Crippen molar-refractivity contribution in [3.05, 3.63) is 30.1 Å². The van der Waals surface area contributed by atoms with Crippen LogP contribution in [0.4, 0.5) is 0 Å². The van der Waals surface area contributed by atoms with Gasteiger partial charge < -0.3 is 14.5 Å². The number of ether oxygens (including phenoxy) is 2. The number of benzene rings is 1. The van der Waals surface area contributed by atoms with Crippen LogP contribution in [0, 0.1) is 0 Å². The molecule has 4 heteroatoms. The van der Waals surface area contributed by atoms with E-state index in [1.807, 2.05) is 24.4 Å². The van der Waals surface area contributed by atoms with Crippen LogP contribution in [-0.4, -0.2) is 24.2 Å². The van der Waals surface area contributed by atoms with Gasteiger partial charge in [-0.05, 0) is 25.0 Å². The van der Waals surface area contributed by atoms with Gasteiger partial charge >= 0.3 is 0 Å². The lowest BCUT2D eigenvalue weighted by atomic mass is 10.2. The Kier molecular flexibility index (Phi) is 2.70. The average Bonchev–Trinajstić information content (AvgIpc) is 3.15. The number of hydrogen-bond acceptors (Lipinski definition) is 3.